The molecule has 0 unspecified atom stereocenters. The number of rotatable bonds is 12. The van der Waals surface area contributed by atoms with E-state index in [0.717, 1.165) is 74.0 Å². The molecule has 4 heterocycles. The summed E-state index contributed by atoms with van der Waals surface area (Å²) in [5.74, 6) is 1.23. The second-order valence-corrected chi connectivity index (χ2v) is 16.9. The molecule has 8 rings (SSSR count). The highest BCUT2D eigenvalue weighted by molar-refractivity contribution is 7.88. The molecule has 13 heteroatoms. The molecule has 304 valence electrons. The Morgan fingerprint density at radius 2 is 1.62 bits per heavy atom. The Morgan fingerprint density at radius 3 is 2.41 bits per heavy atom. The molecule has 0 radical (unpaired) electrons. The van der Waals surface area contributed by atoms with Crippen LogP contribution in [-0.2, 0) is 52.7 Å². The number of fused-ring (bicyclic) bond motifs is 3. The van der Waals surface area contributed by atoms with Gasteiger partial charge in [-0.2, -0.15) is 9.40 Å². The third-order valence-electron chi connectivity index (χ3n) is 11.2. The monoisotopic (exact) mass is 805 g/mol. The summed E-state index contributed by atoms with van der Waals surface area (Å²) < 4.78 is 54.3. The van der Waals surface area contributed by atoms with Crippen LogP contribution in [0.1, 0.15) is 53.6 Å². The fraction of sp³-hybridized carbons (Fsp3) is 0.378. The Balaban J connectivity index is 1.10. The van der Waals surface area contributed by atoms with Gasteiger partial charge in [0.25, 0.3) is 0 Å². The van der Waals surface area contributed by atoms with Crippen LogP contribution in [0.15, 0.2) is 84.9 Å². The summed E-state index contributed by atoms with van der Waals surface area (Å²) in [6.07, 6.45) is 4.28. The number of nitrogens with zero attached hydrogens (tertiary/aromatic N) is 5. The second kappa shape index (κ2) is 17.2. The molecule has 0 saturated carbocycles. The van der Waals surface area contributed by atoms with E-state index in [1.54, 1.807) is 0 Å². The molecule has 1 saturated heterocycles. The van der Waals surface area contributed by atoms with Crippen molar-refractivity contribution in [3.63, 3.8) is 0 Å². The number of aryl methyl sites for hydroxylation is 3. The van der Waals surface area contributed by atoms with E-state index in [4.69, 9.17) is 24.0 Å². The Bertz CT molecular complexity index is 2520. The highest BCUT2D eigenvalue weighted by Crippen LogP contribution is 2.40. The first kappa shape index (κ1) is 39.5. The molecule has 6 aromatic rings. The van der Waals surface area contributed by atoms with Crippen LogP contribution >= 0.6 is 0 Å². The second-order valence-electron chi connectivity index (χ2n) is 14.9. The van der Waals surface area contributed by atoms with Gasteiger partial charge >= 0.3 is 5.97 Å². The van der Waals surface area contributed by atoms with Gasteiger partial charge in [-0.05, 0) is 73.9 Å². The molecule has 1 fully saturated rings. The Labute approximate surface area is 339 Å². The van der Waals surface area contributed by atoms with Crippen molar-refractivity contribution < 1.29 is 32.2 Å². The maximum absolute atomic E-state index is 14.0. The highest BCUT2D eigenvalue weighted by atomic mass is 32.2. The summed E-state index contributed by atoms with van der Waals surface area (Å²) in [7, 11) is -1.26. The molecule has 12 nitrogen and oxygen atoms in total. The number of para-hydroxylation sites is 1. The van der Waals surface area contributed by atoms with E-state index in [1.165, 1.54) is 10.6 Å². The molecule has 4 aromatic carbocycles. The fourth-order valence-electron chi connectivity index (χ4n) is 8.37. The number of hydrogen-bond acceptors (Lipinski definition) is 9. The van der Waals surface area contributed by atoms with E-state index >= 15 is 0 Å². The van der Waals surface area contributed by atoms with Crippen molar-refractivity contribution in [2.75, 3.05) is 57.2 Å². The highest BCUT2D eigenvalue weighted by Gasteiger charge is 2.29. The lowest BCUT2D eigenvalue weighted by Gasteiger charge is -2.34. The predicted octanol–water partition coefficient (Wildman–Crippen LogP) is 7.35. The number of carbonyl (C=O) groups excluding carboxylic acids is 1. The van der Waals surface area contributed by atoms with Crippen molar-refractivity contribution in [1.82, 2.24) is 18.7 Å². The lowest BCUT2D eigenvalue weighted by molar-refractivity contribution is 0.0512. The largest absolute Gasteiger partial charge is 0.493 e. The molecule has 0 N–H and O–H groups in total. The van der Waals surface area contributed by atoms with Crippen molar-refractivity contribution >= 4 is 43.4 Å². The Kier molecular flexibility index (Phi) is 11.7. The number of sulfonamides is 1. The molecule has 0 aliphatic carbocycles. The van der Waals surface area contributed by atoms with Crippen molar-refractivity contribution in [2.24, 2.45) is 7.05 Å². The van der Waals surface area contributed by atoms with Gasteiger partial charge in [-0.25, -0.2) is 13.2 Å². The number of carbonyl (C=O) groups is 1. The number of esters is 1. The summed E-state index contributed by atoms with van der Waals surface area (Å²) in [5.41, 5.74) is 7.17. The van der Waals surface area contributed by atoms with Gasteiger partial charge in [0.05, 0.1) is 37.3 Å². The normalized spacial score (nSPS) is 15.3. The standard InChI is InChI=1S/C45H51N5O7S/c1-4-55-45(51)44-37(17-11-29-56-41-18-9-13-32-12-5-6-14-35(32)41)36-15-10-16-38-42-39(46-47(2)40(42)31-54-28-8-7-23-50(44)43(36)38)30-57-34-21-19-33(20-22-34)48-24-26-49(27-25-48)58(3,52)53/h5-6,9-10,12-16,18-22H,4,7-8,11,17,23-31H2,1-3H3. The minimum Gasteiger partial charge on any atom is -0.493 e. The first-order chi connectivity index (χ1) is 28.2. The van der Waals surface area contributed by atoms with Gasteiger partial charge in [0, 0.05) is 74.0 Å². The van der Waals surface area contributed by atoms with Gasteiger partial charge in [-0.1, -0.05) is 54.6 Å². The molecule has 58 heavy (non-hydrogen) atoms. The third-order valence-corrected chi connectivity index (χ3v) is 12.5. The quantitative estimate of drug-likeness (QED) is 0.0925. The SMILES string of the molecule is CCOC(=O)c1c(CCCOc2cccc3ccccc23)c2cccc3c2n1CCCCOCc1c-3c(COc2ccc(N3CCN(S(C)(=O)=O)CC3)cc2)nn1C. The zero-order chi connectivity index (χ0) is 40.2. The average molecular weight is 806 g/mol. The van der Waals surface area contributed by atoms with E-state index in [9.17, 15) is 13.2 Å². The zero-order valence-electron chi connectivity index (χ0n) is 33.5. The zero-order valence-corrected chi connectivity index (χ0v) is 34.3. The molecule has 2 aliphatic rings. The molecule has 0 atom stereocenters. The first-order valence-electron chi connectivity index (χ1n) is 20.2. The van der Waals surface area contributed by atoms with Crippen LogP contribution in [0.2, 0.25) is 0 Å². The van der Waals surface area contributed by atoms with Gasteiger partial charge < -0.3 is 28.4 Å². The number of benzene rings is 4. The van der Waals surface area contributed by atoms with E-state index in [-0.39, 0.29) is 19.2 Å². The maximum Gasteiger partial charge on any atom is 0.355 e. The van der Waals surface area contributed by atoms with Crippen molar-refractivity contribution in [1.29, 1.82) is 0 Å². The Hall–Kier alpha value is -5.37. The van der Waals surface area contributed by atoms with Crippen molar-refractivity contribution in [3.05, 3.63) is 108 Å². The summed E-state index contributed by atoms with van der Waals surface area (Å²) in [6, 6.07) is 28.5. The number of ether oxygens (including phenoxy) is 4. The van der Waals surface area contributed by atoms with Gasteiger partial charge in [-0.3, -0.25) is 4.68 Å². The number of aromatic nitrogens is 3. The molecule has 2 aliphatic heterocycles. The number of hydrogen-bond donors (Lipinski definition) is 0. The van der Waals surface area contributed by atoms with Crippen molar-refractivity contribution in [2.45, 2.75) is 52.4 Å². The molecular formula is C45H51N5O7S. The first-order valence-corrected chi connectivity index (χ1v) is 22.0. The van der Waals surface area contributed by atoms with Crippen LogP contribution in [0.3, 0.4) is 0 Å². The average Bonchev–Trinajstić information content (AvgIpc) is 3.71. The van der Waals surface area contributed by atoms with Gasteiger partial charge in [0.15, 0.2) is 0 Å². The van der Waals surface area contributed by atoms with Gasteiger partial charge in [0.2, 0.25) is 10.0 Å². The van der Waals surface area contributed by atoms with Crippen LogP contribution in [0.25, 0.3) is 32.8 Å². The molecule has 0 spiro atoms. The Morgan fingerprint density at radius 1 is 0.862 bits per heavy atom. The van der Waals surface area contributed by atoms with E-state index < -0.39 is 10.0 Å². The molecule has 0 amide bonds. The van der Waals surface area contributed by atoms with Crippen LogP contribution in [-0.4, -0.2) is 85.3 Å². The molecular weight excluding hydrogens is 755 g/mol. The van der Waals surface area contributed by atoms with E-state index in [2.05, 4.69) is 45.9 Å². The van der Waals surface area contributed by atoms with Crippen molar-refractivity contribution in [3.8, 4) is 22.6 Å². The van der Waals surface area contributed by atoms with Crippen LogP contribution < -0.4 is 14.4 Å². The summed E-state index contributed by atoms with van der Waals surface area (Å²) >= 11 is 0. The fourth-order valence-corrected chi connectivity index (χ4v) is 9.19. The maximum atomic E-state index is 14.0. The smallest absolute Gasteiger partial charge is 0.355 e. The minimum atomic E-state index is -3.20. The van der Waals surface area contributed by atoms with Gasteiger partial charge in [-0.15, -0.1) is 0 Å². The van der Waals surface area contributed by atoms with Crippen LogP contribution in [0.4, 0.5) is 5.69 Å². The molecule has 0 bridgehead atoms. The van der Waals surface area contributed by atoms with Gasteiger partial charge in [0.1, 0.15) is 29.5 Å². The summed E-state index contributed by atoms with van der Waals surface area (Å²) in [4.78, 5) is 16.1. The predicted molar refractivity (Wildman–Crippen MR) is 226 cm³/mol. The topological polar surface area (TPSA) is 117 Å². The molecule has 2 aromatic heterocycles. The van der Waals surface area contributed by atoms with Crippen LogP contribution in [0.5, 0.6) is 11.5 Å². The summed E-state index contributed by atoms with van der Waals surface area (Å²) in [5, 5.41) is 8.22. The number of piperazine rings is 1. The lowest BCUT2D eigenvalue weighted by Crippen LogP contribution is -2.48. The summed E-state index contributed by atoms with van der Waals surface area (Å²) in [6.45, 7) is 6.62. The van der Waals surface area contributed by atoms with Crippen LogP contribution in [0, 0.1) is 0 Å². The van der Waals surface area contributed by atoms with E-state index in [1.807, 2.05) is 67.2 Å². The minimum absolute atomic E-state index is 0.218. The lowest BCUT2D eigenvalue weighted by atomic mass is 9.98. The third kappa shape index (κ3) is 8.16. The van der Waals surface area contributed by atoms with E-state index in [0.29, 0.717) is 76.8 Å². The number of anilines is 1.